The molecule has 0 aromatic heterocycles. The van der Waals surface area contributed by atoms with Gasteiger partial charge in [-0.3, -0.25) is 9.59 Å². The number of nitrogens with one attached hydrogen (secondary N) is 1. The number of halogens is 1. The van der Waals surface area contributed by atoms with Gasteiger partial charge in [-0.1, -0.05) is 26.0 Å². The predicted molar refractivity (Wildman–Crippen MR) is 73.5 cm³/mol. The van der Waals surface area contributed by atoms with E-state index in [9.17, 15) is 14.0 Å². The molecule has 2 amide bonds. The maximum absolute atomic E-state index is 12.8. The van der Waals surface area contributed by atoms with Crippen molar-refractivity contribution in [2.45, 2.75) is 26.3 Å². The molecule has 0 bridgehead atoms. The monoisotopic (exact) mass is 278 g/mol. The first kappa shape index (κ1) is 14.5. The molecule has 0 saturated carbocycles. The number of nitrogens with zero attached hydrogens (tertiary/aromatic N) is 1. The number of carbonyl (C=O) groups is 2. The average Bonchev–Trinajstić information content (AvgIpc) is 2.40. The van der Waals surface area contributed by atoms with Crippen LogP contribution in [0.3, 0.4) is 0 Å². The summed E-state index contributed by atoms with van der Waals surface area (Å²) in [6, 6.07) is 5.46. The molecule has 1 unspecified atom stereocenters. The van der Waals surface area contributed by atoms with Gasteiger partial charge in [0.25, 0.3) is 0 Å². The van der Waals surface area contributed by atoms with Crippen molar-refractivity contribution in [3.8, 4) is 0 Å². The second-order valence-electron chi connectivity index (χ2n) is 5.37. The first-order valence-corrected chi connectivity index (χ1v) is 6.80. The van der Waals surface area contributed by atoms with Gasteiger partial charge < -0.3 is 10.2 Å². The third kappa shape index (κ3) is 3.15. The molecule has 0 spiro atoms. The maximum Gasteiger partial charge on any atom is 0.243 e. The molecule has 1 N–H and O–H groups in total. The minimum atomic E-state index is -0.420. The van der Waals surface area contributed by atoms with Crippen LogP contribution in [0.2, 0.25) is 0 Å². The molecule has 1 aromatic rings. The highest BCUT2D eigenvalue weighted by Crippen LogP contribution is 2.16. The molecular formula is C15H19FN2O2. The molecule has 1 aliphatic rings. The van der Waals surface area contributed by atoms with E-state index in [1.807, 2.05) is 13.8 Å². The van der Waals surface area contributed by atoms with Crippen LogP contribution in [0.4, 0.5) is 4.39 Å². The zero-order chi connectivity index (χ0) is 14.7. The van der Waals surface area contributed by atoms with Gasteiger partial charge >= 0.3 is 0 Å². The van der Waals surface area contributed by atoms with E-state index in [0.717, 1.165) is 5.56 Å². The van der Waals surface area contributed by atoms with Gasteiger partial charge in [0.05, 0.1) is 6.42 Å². The van der Waals surface area contributed by atoms with E-state index < -0.39 is 6.04 Å². The minimum Gasteiger partial charge on any atom is -0.353 e. The Labute approximate surface area is 118 Å². The average molecular weight is 278 g/mol. The van der Waals surface area contributed by atoms with Crippen LogP contribution < -0.4 is 5.32 Å². The van der Waals surface area contributed by atoms with E-state index in [1.54, 1.807) is 17.0 Å². The molecule has 1 aliphatic heterocycles. The summed E-state index contributed by atoms with van der Waals surface area (Å²) in [6.45, 7) is 4.85. The highest BCUT2D eigenvalue weighted by molar-refractivity contribution is 5.89. The predicted octanol–water partition coefficient (Wildman–Crippen LogP) is 1.35. The third-order valence-electron chi connectivity index (χ3n) is 3.48. The van der Waals surface area contributed by atoms with Gasteiger partial charge in [0.2, 0.25) is 11.8 Å². The van der Waals surface area contributed by atoms with Crippen LogP contribution in [0.5, 0.6) is 0 Å². The Hall–Kier alpha value is -1.91. The number of hydrogen-bond donors (Lipinski definition) is 1. The fourth-order valence-corrected chi connectivity index (χ4v) is 2.51. The van der Waals surface area contributed by atoms with Crippen LogP contribution >= 0.6 is 0 Å². The molecule has 0 radical (unpaired) electrons. The molecule has 1 heterocycles. The maximum atomic E-state index is 12.8. The van der Waals surface area contributed by atoms with Crippen molar-refractivity contribution < 1.29 is 14.0 Å². The van der Waals surface area contributed by atoms with Crippen LogP contribution in [0.25, 0.3) is 0 Å². The van der Waals surface area contributed by atoms with Crippen LogP contribution in [-0.4, -0.2) is 35.8 Å². The Morgan fingerprint density at radius 3 is 2.65 bits per heavy atom. The minimum absolute atomic E-state index is 0.0625. The first-order valence-electron chi connectivity index (χ1n) is 6.80. The van der Waals surface area contributed by atoms with E-state index in [2.05, 4.69) is 5.32 Å². The van der Waals surface area contributed by atoms with Crippen LogP contribution in [0.1, 0.15) is 19.4 Å². The molecule has 1 atom stereocenters. The van der Waals surface area contributed by atoms with E-state index in [1.165, 1.54) is 12.1 Å². The lowest BCUT2D eigenvalue weighted by Crippen LogP contribution is -2.59. The van der Waals surface area contributed by atoms with Crippen molar-refractivity contribution in [2.24, 2.45) is 5.92 Å². The topological polar surface area (TPSA) is 49.4 Å². The van der Waals surface area contributed by atoms with E-state index in [4.69, 9.17) is 0 Å². The highest BCUT2D eigenvalue weighted by Gasteiger charge is 2.34. The lowest BCUT2D eigenvalue weighted by Gasteiger charge is -2.37. The largest absolute Gasteiger partial charge is 0.353 e. The normalized spacial score (nSPS) is 19.1. The number of rotatable bonds is 3. The van der Waals surface area contributed by atoms with Gasteiger partial charge in [-0.15, -0.1) is 0 Å². The lowest BCUT2D eigenvalue weighted by atomic mass is 9.98. The van der Waals surface area contributed by atoms with Crippen LogP contribution in [-0.2, 0) is 16.0 Å². The van der Waals surface area contributed by atoms with Crippen molar-refractivity contribution in [1.29, 1.82) is 0 Å². The Balaban J connectivity index is 2.10. The van der Waals surface area contributed by atoms with Crippen LogP contribution in [0, 0.1) is 11.7 Å². The molecule has 1 saturated heterocycles. The number of amides is 2. The summed E-state index contributed by atoms with van der Waals surface area (Å²) in [6.07, 6.45) is 0.191. The summed E-state index contributed by atoms with van der Waals surface area (Å²) in [5.41, 5.74) is 0.755. The Morgan fingerprint density at radius 2 is 2.05 bits per heavy atom. The second kappa shape index (κ2) is 6.03. The van der Waals surface area contributed by atoms with Gasteiger partial charge in [-0.2, -0.15) is 0 Å². The molecular weight excluding hydrogens is 259 g/mol. The summed E-state index contributed by atoms with van der Waals surface area (Å²) in [5, 5.41) is 2.79. The molecule has 4 nitrogen and oxygen atoms in total. The smallest absolute Gasteiger partial charge is 0.243 e. The molecule has 108 valence electrons. The summed E-state index contributed by atoms with van der Waals surface area (Å²) < 4.78 is 12.8. The molecule has 5 heteroatoms. The van der Waals surface area contributed by atoms with Crippen molar-refractivity contribution in [1.82, 2.24) is 10.2 Å². The van der Waals surface area contributed by atoms with E-state index >= 15 is 0 Å². The lowest BCUT2D eigenvalue weighted by molar-refractivity contribution is -0.144. The van der Waals surface area contributed by atoms with Gasteiger partial charge in [0.15, 0.2) is 0 Å². The zero-order valence-corrected chi connectivity index (χ0v) is 11.7. The van der Waals surface area contributed by atoms with Crippen molar-refractivity contribution >= 4 is 11.8 Å². The number of benzene rings is 1. The van der Waals surface area contributed by atoms with Gasteiger partial charge in [0.1, 0.15) is 11.9 Å². The fourth-order valence-electron chi connectivity index (χ4n) is 2.51. The van der Waals surface area contributed by atoms with Crippen molar-refractivity contribution in [3.05, 3.63) is 35.6 Å². The molecule has 1 fully saturated rings. The number of carbonyl (C=O) groups excluding carboxylic acids is 2. The van der Waals surface area contributed by atoms with Gasteiger partial charge in [0, 0.05) is 13.1 Å². The quantitative estimate of drug-likeness (QED) is 0.907. The van der Waals surface area contributed by atoms with Crippen molar-refractivity contribution in [3.63, 3.8) is 0 Å². The second-order valence-corrected chi connectivity index (χ2v) is 5.37. The molecule has 0 aliphatic carbocycles. The number of piperazine rings is 1. The van der Waals surface area contributed by atoms with Crippen molar-refractivity contribution in [2.75, 3.05) is 13.1 Å². The Kier molecular flexibility index (Phi) is 4.37. The first-order chi connectivity index (χ1) is 9.49. The highest BCUT2D eigenvalue weighted by atomic mass is 19.1. The van der Waals surface area contributed by atoms with Crippen LogP contribution in [0.15, 0.2) is 24.3 Å². The zero-order valence-electron chi connectivity index (χ0n) is 11.7. The summed E-state index contributed by atoms with van der Waals surface area (Å²) in [5.74, 6) is -0.449. The van der Waals surface area contributed by atoms with E-state index in [-0.39, 0.29) is 30.0 Å². The van der Waals surface area contributed by atoms with E-state index in [0.29, 0.717) is 13.1 Å². The van der Waals surface area contributed by atoms with Gasteiger partial charge in [-0.05, 0) is 23.6 Å². The standard InChI is InChI=1S/C15H19FN2O2/c1-10(2)14-15(20)17-7-8-18(14)13(19)9-11-3-5-12(16)6-4-11/h3-6,10,14H,7-9H2,1-2H3,(H,17,20). The molecule has 1 aromatic carbocycles. The Morgan fingerprint density at radius 1 is 1.40 bits per heavy atom. The summed E-state index contributed by atoms with van der Waals surface area (Å²) in [7, 11) is 0. The fraction of sp³-hybridized carbons (Fsp3) is 0.467. The number of hydrogen-bond acceptors (Lipinski definition) is 2. The molecule has 2 rings (SSSR count). The summed E-state index contributed by atoms with van der Waals surface area (Å²) in [4.78, 5) is 25.9. The van der Waals surface area contributed by atoms with Gasteiger partial charge in [-0.25, -0.2) is 4.39 Å². The third-order valence-corrected chi connectivity index (χ3v) is 3.48. The molecule has 20 heavy (non-hydrogen) atoms. The summed E-state index contributed by atoms with van der Waals surface area (Å²) >= 11 is 0. The Bertz CT molecular complexity index is 499. The SMILES string of the molecule is CC(C)C1C(=O)NCCN1C(=O)Cc1ccc(F)cc1.